The van der Waals surface area contributed by atoms with Crippen molar-refractivity contribution in [2.45, 2.75) is 6.92 Å². The fraction of sp³-hybridized carbons (Fsp3) is 0.273. The molecule has 0 spiro atoms. The second kappa shape index (κ2) is 7.37. The number of hydrazone groups is 1. The molecule has 0 amide bonds. The van der Waals surface area contributed by atoms with Crippen LogP contribution in [0.2, 0.25) is 0 Å². The summed E-state index contributed by atoms with van der Waals surface area (Å²) < 4.78 is 5.75. The Morgan fingerprint density at radius 3 is 2.94 bits per heavy atom. The fourth-order valence-electron chi connectivity index (χ4n) is 1.19. The van der Waals surface area contributed by atoms with Crippen LogP contribution in [0, 0.1) is 3.57 Å². The molecule has 0 aromatic heterocycles. The Balaban J connectivity index is 2.76. The van der Waals surface area contributed by atoms with Gasteiger partial charge in [-0.25, -0.2) is 0 Å². The SMILES string of the molecule is CCNC(=S)N/N=C/c1cc(I)c(O)c(OC)c1. The highest BCUT2D eigenvalue weighted by Gasteiger charge is 2.07. The van der Waals surface area contributed by atoms with Gasteiger partial charge in [0.2, 0.25) is 0 Å². The third-order valence-electron chi connectivity index (χ3n) is 1.99. The van der Waals surface area contributed by atoms with Crippen LogP contribution in [-0.2, 0) is 0 Å². The van der Waals surface area contributed by atoms with Gasteiger partial charge in [0.1, 0.15) is 0 Å². The number of benzene rings is 1. The summed E-state index contributed by atoms with van der Waals surface area (Å²) in [6, 6.07) is 3.48. The van der Waals surface area contributed by atoms with Crippen molar-refractivity contribution >= 4 is 46.1 Å². The van der Waals surface area contributed by atoms with E-state index in [1.807, 2.05) is 29.5 Å². The number of phenols is 1. The second-order valence-electron chi connectivity index (χ2n) is 3.28. The Labute approximate surface area is 125 Å². The maximum Gasteiger partial charge on any atom is 0.186 e. The van der Waals surface area contributed by atoms with Crippen LogP contribution in [0.25, 0.3) is 0 Å². The molecule has 0 aliphatic heterocycles. The van der Waals surface area contributed by atoms with E-state index in [0.717, 1.165) is 12.1 Å². The monoisotopic (exact) mass is 379 g/mol. The van der Waals surface area contributed by atoms with E-state index in [1.54, 1.807) is 18.3 Å². The van der Waals surface area contributed by atoms with Gasteiger partial charge in [-0.05, 0) is 59.4 Å². The summed E-state index contributed by atoms with van der Waals surface area (Å²) in [4.78, 5) is 0. The summed E-state index contributed by atoms with van der Waals surface area (Å²) >= 11 is 6.99. The summed E-state index contributed by atoms with van der Waals surface area (Å²) in [5.74, 6) is 0.545. The van der Waals surface area contributed by atoms with Crippen molar-refractivity contribution in [1.29, 1.82) is 0 Å². The maximum atomic E-state index is 9.68. The molecule has 0 heterocycles. The molecule has 0 aliphatic carbocycles. The molecule has 1 aromatic carbocycles. The first-order valence-electron chi connectivity index (χ1n) is 5.21. The Bertz CT molecular complexity index is 466. The fourth-order valence-corrected chi connectivity index (χ4v) is 2.01. The van der Waals surface area contributed by atoms with E-state index < -0.39 is 0 Å². The molecule has 5 nitrogen and oxygen atoms in total. The van der Waals surface area contributed by atoms with E-state index in [0.29, 0.717) is 14.4 Å². The first kappa shape index (κ1) is 15.0. The second-order valence-corrected chi connectivity index (χ2v) is 4.85. The van der Waals surface area contributed by atoms with Crippen molar-refractivity contribution in [3.8, 4) is 11.5 Å². The lowest BCUT2D eigenvalue weighted by molar-refractivity contribution is 0.371. The van der Waals surface area contributed by atoms with Gasteiger partial charge in [0, 0.05) is 6.54 Å². The molecular formula is C11H14IN3O2S. The normalized spacial score (nSPS) is 10.4. The van der Waals surface area contributed by atoms with E-state index in [9.17, 15) is 5.11 Å². The Hall–Kier alpha value is -1.09. The van der Waals surface area contributed by atoms with Crippen molar-refractivity contribution in [3.05, 3.63) is 21.3 Å². The van der Waals surface area contributed by atoms with Crippen LogP contribution in [0.5, 0.6) is 11.5 Å². The van der Waals surface area contributed by atoms with E-state index in [2.05, 4.69) is 15.8 Å². The predicted octanol–water partition coefficient (Wildman–Crippen LogP) is 1.82. The highest BCUT2D eigenvalue weighted by molar-refractivity contribution is 14.1. The van der Waals surface area contributed by atoms with Crippen molar-refractivity contribution in [1.82, 2.24) is 10.7 Å². The molecule has 0 unspecified atom stereocenters. The Kier molecular flexibility index (Phi) is 6.13. The van der Waals surface area contributed by atoms with Crippen LogP contribution in [0.3, 0.4) is 0 Å². The first-order chi connectivity index (χ1) is 8.58. The third kappa shape index (κ3) is 4.30. The highest BCUT2D eigenvalue weighted by atomic mass is 127. The van der Waals surface area contributed by atoms with Crippen LogP contribution in [0.1, 0.15) is 12.5 Å². The van der Waals surface area contributed by atoms with Gasteiger partial charge in [-0.15, -0.1) is 0 Å². The summed E-state index contributed by atoms with van der Waals surface area (Å²) in [5, 5.41) is 17.1. The molecule has 0 atom stereocenters. The average Bonchev–Trinajstić information content (AvgIpc) is 2.33. The first-order valence-corrected chi connectivity index (χ1v) is 6.70. The predicted molar refractivity (Wildman–Crippen MR) is 84.4 cm³/mol. The Morgan fingerprint density at radius 1 is 1.61 bits per heavy atom. The molecule has 0 radical (unpaired) electrons. The smallest absolute Gasteiger partial charge is 0.186 e. The van der Waals surface area contributed by atoms with E-state index in [1.165, 1.54) is 7.11 Å². The standard InChI is InChI=1S/C11H14IN3O2S/c1-3-13-11(18)15-14-6-7-4-8(12)10(16)9(5-7)17-2/h4-6,16H,3H2,1-2H3,(H2,13,15,18)/b14-6+. The molecule has 7 heteroatoms. The van der Waals surface area contributed by atoms with E-state index in [-0.39, 0.29) is 5.75 Å². The minimum absolute atomic E-state index is 0.131. The van der Waals surface area contributed by atoms with Gasteiger partial charge in [-0.3, -0.25) is 5.43 Å². The Morgan fingerprint density at radius 2 is 2.33 bits per heavy atom. The number of hydrogen-bond donors (Lipinski definition) is 3. The lowest BCUT2D eigenvalue weighted by Gasteiger charge is -2.06. The maximum absolute atomic E-state index is 9.68. The number of nitrogens with zero attached hydrogens (tertiary/aromatic N) is 1. The molecule has 1 rings (SSSR count). The van der Waals surface area contributed by atoms with Crippen LogP contribution in [-0.4, -0.2) is 30.1 Å². The number of methoxy groups -OCH3 is 1. The van der Waals surface area contributed by atoms with Gasteiger partial charge < -0.3 is 15.2 Å². The highest BCUT2D eigenvalue weighted by Crippen LogP contribution is 2.31. The minimum Gasteiger partial charge on any atom is -0.504 e. The van der Waals surface area contributed by atoms with Gasteiger partial charge in [-0.2, -0.15) is 5.10 Å². The molecule has 1 aromatic rings. The summed E-state index contributed by atoms with van der Waals surface area (Å²) in [6.07, 6.45) is 1.60. The largest absolute Gasteiger partial charge is 0.504 e. The third-order valence-corrected chi connectivity index (χ3v) is 3.05. The number of hydrogen-bond acceptors (Lipinski definition) is 4. The molecule has 0 aliphatic rings. The molecule has 0 fully saturated rings. The topological polar surface area (TPSA) is 65.9 Å². The number of nitrogens with one attached hydrogen (secondary N) is 2. The molecule has 0 bridgehead atoms. The number of aromatic hydroxyl groups is 1. The number of rotatable bonds is 4. The molecule has 0 saturated heterocycles. The quantitative estimate of drug-likeness (QED) is 0.323. The molecule has 18 heavy (non-hydrogen) atoms. The van der Waals surface area contributed by atoms with Gasteiger partial charge in [0.25, 0.3) is 0 Å². The van der Waals surface area contributed by atoms with E-state index in [4.69, 9.17) is 17.0 Å². The minimum atomic E-state index is 0.131. The number of phenolic OH excluding ortho intramolecular Hbond substituents is 1. The van der Waals surface area contributed by atoms with Gasteiger partial charge in [-0.1, -0.05) is 0 Å². The summed E-state index contributed by atoms with van der Waals surface area (Å²) in [6.45, 7) is 2.69. The lowest BCUT2D eigenvalue weighted by atomic mass is 10.2. The molecule has 98 valence electrons. The number of halogens is 1. The number of ether oxygens (including phenoxy) is 1. The summed E-state index contributed by atoms with van der Waals surface area (Å²) in [5.41, 5.74) is 3.49. The zero-order valence-electron chi connectivity index (χ0n) is 10.0. The van der Waals surface area contributed by atoms with Crippen LogP contribution in [0.15, 0.2) is 17.2 Å². The average molecular weight is 379 g/mol. The summed E-state index contributed by atoms with van der Waals surface area (Å²) in [7, 11) is 1.50. The van der Waals surface area contributed by atoms with Crippen molar-refractivity contribution in [3.63, 3.8) is 0 Å². The molecule has 3 N–H and O–H groups in total. The van der Waals surface area contributed by atoms with Crippen LogP contribution >= 0.6 is 34.8 Å². The van der Waals surface area contributed by atoms with Crippen molar-refractivity contribution in [2.75, 3.05) is 13.7 Å². The lowest BCUT2D eigenvalue weighted by Crippen LogP contribution is -2.31. The van der Waals surface area contributed by atoms with Gasteiger partial charge >= 0.3 is 0 Å². The van der Waals surface area contributed by atoms with Gasteiger partial charge in [0.15, 0.2) is 16.6 Å². The molecule has 0 saturated carbocycles. The van der Waals surface area contributed by atoms with E-state index >= 15 is 0 Å². The zero-order chi connectivity index (χ0) is 13.5. The molecular weight excluding hydrogens is 365 g/mol. The van der Waals surface area contributed by atoms with Crippen molar-refractivity contribution < 1.29 is 9.84 Å². The van der Waals surface area contributed by atoms with Crippen molar-refractivity contribution in [2.24, 2.45) is 5.10 Å². The van der Waals surface area contributed by atoms with Gasteiger partial charge in [0.05, 0.1) is 16.9 Å². The zero-order valence-corrected chi connectivity index (χ0v) is 13.0. The van der Waals surface area contributed by atoms with Crippen LogP contribution < -0.4 is 15.5 Å². The number of thiocarbonyl (C=S) groups is 1. The van der Waals surface area contributed by atoms with Crippen LogP contribution in [0.4, 0.5) is 0 Å².